The van der Waals surface area contributed by atoms with Crippen molar-refractivity contribution >= 4 is 11.4 Å². The molecule has 23 heavy (non-hydrogen) atoms. The first-order valence-electron chi connectivity index (χ1n) is 8.99. The Morgan fingerprint density at radius 2 is 1.09 bits per heavy atom. The van der Waals surface area contributed by atoms with Crippen molar-refractivity contribution in [3.05, 3.63) is 0 Å². The maximum absolute atomic E-state index is 4.74. The first kappa shape index (κ1) is 18.5. The Bertz CT molecular complexity index is 390. The largest absolute Gasteiger partial charge is 0.295 e. The molecule has 2 aliphatic rings. The number of nitrogens with one attached hydrogen (secondary N) is 4. The Balaban J connectivity index is 1.76. The van der Waals surface area contributed by atoms with E-state index in [0.717, 1.165) is 57.1 Å². The van der Waals surface area contributed by atoms with Crippen LogP contribution in [0.15, 0.2) is 9.98 Å². The van der Waals surface area contributed by atoms with Gasteiger partial charge in [0.1, 0.15) is 11.3 Å². The zero-order chi connectivity index (χ0) is 16.8. The van der Waals surface area contributed by atoms with Gasteiger partial charge in [0.25, 0.3) is 0 Å². The Labute approximate surface area is 141 Å². The second kappa shape index (κ2) is 8.33. The van der Waals surface area contributed by atoms with Crippen molar-refractivity contribution in [3.8, 4) is 0 Å². The van der Waals surface area contributed by atoms with Gasteiger partial charge in [0, 0.05) is 24.5 Å². The summed E-state index contributed by atoms with van der Waals surface area (Å²) in [5, 5.41) is 14.1. The van der Waals surface area contributed by atoms with Crippen LogP contribution in [0.2, 0.25) is 0 Å². The van der Waals surface area contributed by atoms with Gasteiger partial charge in [-0.05, 0) is 73.1 Å². The van der Waals surface area contributed by atoms with Crippen LogP contribution >= 0.6 is 0 Å². The molecule has 0 bridgehead atoms. The maximum Gasteiger partial charge on any atom is 0.105 e. The van der Waals surface area contributed by atoms with Gasteiger partial charge >= 0.3 is 0 Å². The van der Waals surface area contributed by atoms with Crippen molar-refractivity contribution in [2.45, 2.75) is 58.3 Å². The highest BCUT2D eigenvalue weighted by atomic mass is 15.2. The number of hydrogen-bond donors (Lipinski definition) is 4. The highest BCUT2D eigenvalue weighted by molar-refractivity contribution is 5.91. The standard InChI is InChI=1S/C17H34N6/c1-14(16(3)20-10-6-11-21-16)18-8-5-9-19-15(2)17(4)22-12-7-13-23-17/h20-23H,5-13H2,1-4H3. The zero-order valence-electron chi connectivity index (χ0n) is 15.3. The van der Waals surface area contributed by atoms with Crippen molar-refractivity contribution < 1.29 is 0 Å². The third-order valence-corrected chi connectivity index (χ3v) is 5.08. The molecular weight excluding hydrogens is 288 g/mol. The van der Waals surface area contributed by atoms with E-state index in [1.807, 2.05) is 0 Å². The lowest BCUT2D eigenvalue weighted by atomic mass is 10.0. The van der Waals surface area contributed by atoms with Crippen LogP contribution in [0.5, 0.6) is 0 Å². The van der Waals surface area contributed by atoms with E-state index >= 15 is 0 Å². The Hall–Kier alpha value is -0.820. The van der Waals surface area contributed by atoms with Crippen LogP contribution in [0, 0.1) is 0 Å². The topological polar surface area (TPSA) is 72.8 Å². The monoisotopic (exact) mass is 322 g/mol. The van der Waals surface area contributed by atoms with Crippen LogP contribution in [-0.4, -0.2) is 62.0 Å². The van der Waals surface area contributed by atoms with Crippen molar-refractivity contribution in [1.82, 2.24) is 21.3 Å². The zero-order valence-corrected chi connectivity index (χ0v) is 15.3. The molecule has 132 valence electrons. The van der Waals surface area contributed by atoms with E-state index < -0.39 is 0 Å². The molecular formula is C17H34N6. The van der Waals surface area contributed by atoms with Gasteiger partial charge in [-0.2, -0.15) is 0 Å². The van der Waals surface area contributed by atoms with Gasteiger partial charge in [0.05, 0.1) is 0 Å². The second-order valence-electron chi connectivity index (χ2n) is 6.95. The summed E-state index contributed by atoms with van der Waals surface area (Å²) < 4.78 is 0. The minimum Gasteiger partial charge on any atom is -0.295 e. The fraction of sp³-hybridized carbons (Fsp3) is 0.882. The molecule has 6 nitrogen and oxygen atoms in total. The van der Waals surface area contributed by atoms with E-state index in [0.29, 0.717) is 0 Å². The summed E-state index contributed by atoms with van der Waals surface area (Å²) in [6.07, 6.45) is 3.34. The molecule has 2 aliphatic heterocycles. The predicted octanol–water partition coefficient (Wildman–Crippen LogP) is 0.897. The minimum absolute atomic E-state index is 0.138. The Kier molecular flexibility index (Phi) is 6.71. The highest BCUT2D eigenvalue weighted by Crippen LogP contribution is 2.09. The normalized spacial score (nSPS) is 25.4. The van der Waals surface area contributed by atoms with E-state index in [4.69, 9.17) is 9.98 Å². The van der Waals surface area contributed by atoms with Gasteiger partial charge in [0.2, 0.25) is 0 Å². The number of nitrogens with zero attached hydrogens (tertiary/aromatic N) is 2. The van der Waals surface area contributed by atoms with Crippen molar-refractivity contribution in [3.63, 3.8) is 0 Å². The van der Waals surface area contributed by atoms with Crippen molar-refractivity contribution in [2.24, 2.45) is 9.98 Å². The van der Waals surface area contributed by atoms with Crippen LogP contribution in [0.25, 0.3) is 0 Å². The van der Waals surface area contributed by atoms with E-state index in [2.05, 4.69) is 49.0 Å². The third-order valence-electron chi connectivity index (χ3n) is 5.08. The average Bonchev–Trinajstić information content (AvgIpc) is 2.55. The molecule has 0 amide bonds. The molecule has 2 heterocycles. The summed E-state index contributed by atoms with van der Waals surface area (Å²) in [6.45, 7) is 14.4. The lowest BCUT2D eigenvalue weighted by Crippen LogP contribution is -2.63. The quantitative estimate of drug-likeness (QED) is 0.433. The van der Waals surface area contributed by atoms with E-state index in [9.17, 15) is 0 Å². The molecule has 0 aromatic carbocycles. The summed E-state index contributed by atoms with van der Waals surface area (Å²) in [5.74, 6) is 0. The molecule has 4 N–H and O–H groups in total. The summed E-state index contributed by atoms with van der Waals surface area (Å²) in [7, 11) is 0. The lowest BCUT2D eigenvalue weighted by Gasteiger charge is -2.36. The van der Waals surface area contributed by atoms with E-state index in [-0.39, 0.29) is 11.3 Å². The molecule has 6 heteroatoms. The number of aliphatic imine (C=N–C) groups is 2. The summed E-state index contributed by atoms with van der Waals surface area (Å²) >= 11 is 0. The molecule has 2 saturated heterocycles. The third kappa shape index (κ3) is 5.08. The maximum atomic E-state index is 4.74. The molecule has 0 saturated carbocycles. The summed E-state index contributed by atoms with van der Waals surface area (Å²) in [4.78, 5) is 9.47. The van der Waals surface area contributed by atoms with Crippen molar-refractivity contribution in [2.75, 3.05) is 39.3 Å². The SMILES string of the molecule is CC(=NCCCN=C(C)C1(C)NCCCN1)C1(C)NCCCN1. The molecule has 0 radical (unpaired) electrons. The van der Waals surface area contributed by atoms with Crippen LogP contribution < -0.4 is 21.3 Å². The average molecular weight is 323 g/mol. The van der Waals surface area contributed by atoms with Gasteiger partial charge < -0.3 is 0 Å². The Morgan fingerprint density at radius 3 is 1.43 bits per heavy atom. The highest BCUT2D eigenvalue weighted by Gasteiger charge is 2.29. The second-order valence-corrected chi connectivity index (χ2v) is 6.95. The minimum atomic E-state index is -0.138. The van der Waals surface area contributed by atoms with Crippen LogP contribution in [0.3, 0.4) is 0 Å². The molecule has 0 atom stereocenters. The molecule has 0 unspecified atom stereocenters. The lowest BCUT2D eigenvalue weighted by molar-refractivity contribution is 0.327. The van der Waals surface area contributed by atoms with Gasteiger partial charge in [-0.15, -0.1) is 0 Å². The van der Waals surface area contributed by atoms with Crippen LogP contribution in [0.1, 0.15) is 47.0 Å². The van der Waals surface area contributed by atoms with Gasteiger partial charge in [-0.25, -0.2) is 0 Å². The molecule has 0 aromatic heterocycles. The first-order chi connectivity index (χ1) is 11.0. The fourth-order valence-electron chi connectivity index (χ4n) is 3.05. The molecule has 0 spiro atoms. The van der Waals surface area contributed by atoms with Gasteiger partial charge in [-0.1, -0.05) is 0 Å². The molecule has 2 fully saturated rings. The summed E-state index contributed by atoms with van der Waals surface area (Å²) in [6, 6.07) is 0. The van der Waals surface area contributed by atoms with Crippen LogP contribution in [-0.2, 0) is 0 Å². The van der Waals surface area contributed by atoms with E-state index in [1.165, 1.54) is 12.8 Å². The molecule has 0 aliphatic carbocycles. The Morgan fingerprint density at radius 1 is 0.739 bits per heavy atom. The predicted molar refractivity (Wildman–Crippen MR) is 98.6 cm³/mol. The van der Waals surface area contributed by atoms with Crippen LogP contribution in [0.4, 0.5) is 0 Å². The van der Waals surface area contributed by atoms with Gasteiger partial charge in [-0.3, -0.25) is 31.3 Å². The molecule has 2 rings (SSSR count). The fourth-order valence-corrected chi connectivity index (χ4v) is 3.05. The smallest absolute Gasteiger partial charge is 0.105 e. The summed E-state index contributed by atoms with van der Waals surface area (Å²) in [5.41, 5.74) is 2.00. The van der Waals surface area contributed by atoms with Gasteiger partial charge in [0.15, 0.2) is 0 Å². The first-order valence-corrected chi connectivity index (χ1v) is 8.99. The number of rotatable bonds is 6. The molecule has 0 aromatic rings. The van der Waals surface area contributed by atoms with E-state index in [1.54, 1.807) is 0 Å². The van der Waals surface area contributed by atoms with Crippen molar-refractivity contribution in [1.29, 1.82) is 0 Å². The number of hydrogen-bond acceptors (Lipinski definition) is 6.